The van der Waals surface area contributed by atoms with Crippen LogP contribution >= 0.6 is 11.6 Å². The Morgan fingerprint density at radius 3 is 2.41 bits per heavy atom. The van der Waals surface area contributed by atoms with E-state index < -0.39 is 11.9 Å². The largest absolute Gasteiger partial charge is 0.497 e. The molecule has 4 aromatic rings. The Morgan fingerprint density at radius 1 is 1.00 bits per heavy atom. The van der Waals surface area contributed by atoms with Crippen molar-refractivity contribution in [1.82, 2.24) is 9.78 Å². The van der Waals surface area contributed by atoms with Crippen molar-refractivity contribution in [2.45, 2.75) is 19.9 Å². The Balaban J connectivity index is 1.79. The van der Waals surface area contributed by atoms with Crippen LogP contribution < -0.4 is 10.1 Å². The predicted molar refractivity (Wildman–Crippen MR) is 126 cm³/mol. The van der Waals surface area contributed by atoms with Crippen LogP contribution in [0.4, 0.5) is 5.69 Å². The number of hydrogen-bond acceptors (Lipinski definition) is 4. The molecule has 0 spiro atoms. The summed E-state index contributed by atoms with van der Waals surface area (Å²) in [5.74, 6) is -0.292. The first-order valence-electron chi connectivity index (χ1n) is 10.1. The Morgan fingerprint density at radius 2 is 1.69 bits per heavy atom. The van der Waals surface area contributed by atoms with Gasteiger partial charge in [-0.3, -0.25) is 9.59 Å². The molecular weight excluding hydrogens is 426 g/mol. The van der Waals surface area contributed by atoms with Crippen molar-refractivity contribution >= 4 is 39.9 Å². The van der Waals surface area contributed by atoms with Gasteiger partial charge in [-0.25, -0.2) is 4.68 Å². The molecule has 0 saturated heterocycles. The van der Waals surface area contributed by atoms with Crippen molar-refractivity contribution in [3.05, 3.63) is 88.6 Å². The molecule has 0 saturated carbocycles. The SMILES string of the molecule is COc1ccc(C(=O)C(C(=O)Nc2cc(C)ccc2Cl)n2ncc3ccc(C)cc32)cc1. The zero-order valence-electron chi connectivity index (χ0n) is 17.9. The van der Waals surface area contributed by atoms with E-state index in [9.17, 15) is 9.59 Å². The van der Waals surface area contributed by atoms with Gasteiger partial charge in [-0.2, -0.15) is 5.10 Å². The molecule has 7 heteroatoms. The fraction of sp³-hybridized carbons (Fsp3) is 0.160. The number of ketones is 1. The van der Waals surface area contributed by atoms with Gasteiger partial charge in [-0.15, -0.1) is 0 Å². The molecule has 0 aliphatic heterocycles. The molecule has 1 heterocycles. The molecule has 4 rings (SSSR count). The van der Waals surface area contributed by atoms with Gasteiger partial charge in [0.2, 0.25) is 0 Å². The highest BCUT2D eigenvalue weighted by atomic mass is 35.5. The topological polar surface area (TPSA) is 73.2 Å². The predicted octanol–water partition coefficient (Wildman–Crippen LogP) is 5.38. The third kappa shape index (κ3) is 4.22. The fourth-order valence-corrected chi connectivity index (χ4v) is 3.71. The maximum absolute atomic E-state index is 13.6. The monoisotopic (exact) mass is 447 g/mol. The average Bonchev–Trinajstić information content (AvgIpc) is 3.19. The lowest BCUT2D eigenvalue weighted by atomic mass is 10.0. The molecule has 162 valence electrons. The van der Waals surface area contributed by atoms with Gasteiger partial charge in [0, 0.05) is 10.9 Å². The molecule has 0 aliphatic carbocycles. The van der Waals surface area contributed by atoms with Crippen molar-refractivity contribution in [3.63, 3.8) is 0 Å². The highest BCUT2D eigenvalue weighted by molar-refractivity contribution is 6.34. The van der Waals surface area contributed by atoms with Crippen LogP contribution in [0.15, 0.2) is 66.9 Å². The number of hydrogen-bond donors (Lipinski definition) is 1. The van der Waals surface area contributed by atoms with Crippen LogP contribution in [0.1, 0.15) is 27.5 Å². The second kappa shape index (κ2) is 8.85. The van der Waals surface area contributed by atoms with Gasteiger partial charge in [-0.1, -0.05) is 29.8 Å². The maximum atomic E-state index is 13.6. The van der Waals surface area contributed by atoms with Crippen LogP contribution in [0, 0.1) is 13.8 Å². The maximum Gasteiger partial charge on any atom is 0.257 e. The number of carbonyl (C=O) groups is 2. The number of anilines is 1. The number of halogens is 1. The molecule has 6 nitrogen and oxygen atoms in total. The van der Waals surface area contributed by atoms with E-state index in [-0.39, 0.29) is 5.78 Å². The number of rotatable bonds is 6. The summed E-state index contributed by atoms with van der Waals surface area (Å²) in [4.78, 5) is 27.0. The quantitative estimate of drug-likeness (QED) is 0.318. The van der Waals surface area contributed by atoms with Gasteiger partial charge in [0.25, 0.3) is 5.91 Å². The zero-order valence-corrected chi connectivity index (χ0v) is 18.7. The number of ether oxygens (including phenoxy) is 1. The van der Waals surface area contributed by atoms with Crippen LogP contribution in [0.5, 0.6) is 5.75 Å². The van der Waals surface area contributed by atoms with E-state index in [1.807, 2.05) is 38.1 Å². The lowest BCUT2D eigenvalue weighted by Gasteiger charge is -2.18. The number of carbonyl (C=O) groups excluding carboxylic acids is 2. The Kier molecular flexibility index (Phi) is 5.97. The standard InChI is InChI=1S/C25H22ClN3O3/c1-15-5-11-20(26)21(12-15)28-25(31)23(24(30)17-7-9-19(32-3)10-8-17)29-22-13-16(2)4-6-18(22)14-27-29/h4-14,23H,1-3H3,(H,28,31). The summed E-state index contributed by atoms with van der Waals surface area (Å²) in [6, 6.07) is 16.5. The number of methoxy groups -OCH3 is 1. The Hall–Kier alpha value is -3.64. The number of nitrogens with one attached hydrogen (secondary N) is 1. The first-order valence-corrected chi connectivity index (χ1v) is 10.4. The molecule has 3 aromatic carbocycles. The van der Waals surface area contributed by atoms with Gasteiger partial charge in [0.1, 0.15) is 5.75 Å². The van der Waals surface area contributed by atoms with E-state index in [0.29, 0.717) is 27.5 Å². The van der Waals surface area contributed by atoms with Gasteiger partial charge >= 0.3 is 0 Å². The Labute approximate surface area is 190 Å². The molecule has 0 bridgehead atoms. The van der Waals surface area contributed by atoms with Crippen LogP contribution in [0.25, 0.3) is 10.9 Å². The van der Waals surface area contributed by atoms with Crippen molar-refractivity contribution in [1.29, 1.82) is 0 Å². The highest BCUT2D eigenvalue weighted by Crippen LogP contribution is 2.27. The summed E-state index contributed by atoms with van der Waals surface area (Å²) in [6.45, 7) is 3.85. The van der Waals surface area contributed by atoms with E-state index in [1.54, 1.807) is 49.7 Å². The summed E-state index contributed by atoms with van der Waals surface area (Å²) < 4.78 is 6.65. The molecule has 1 aromatic heterocycles. The number of aryl methyl sites for hydroxylation is 2. The summed E-state index contributed by atoms with van der Waals surface area (Å²) in [5.41, 5.74) is 3.44. The number of Topliss-reactive ketones (excluding diaryl/α,β-unsaturated/α-hetero) is 1. The molecule has 1 atom stereocenters. The van der Waals surface area contributed by atoms with Gasteiger partial charge in [-0.05, 0) is 67.4 Å². The minimum absolute atomic E-state index is 0.373. The zero-order chi connectivity index (χ0) is 22.8. The van der Waals surface area contributed by atoms with Crippen molar-refractivity contribution in [2.75, 3.05) is 12.4 Å². The van der Waals surface area contributed by atoms with Crippen molar-refractivity contribution in [3.8, 4) is 5.75 Å². The van der Waals surface area contributed by atoms with Crippen LogP contribution in [0.2, 0.25) is 5.02 Å². The van der Waals surface area contributed by atoms with Crippen LogP contribution in [-0.2, 0) is 4.79 Å². The highest BCUT2D eigenvalue weighted by Gasteiger charge is 2.32. The average molecular weight is 448 g/mol. The number of nitrogens with zero attached hydrogens (tertiary/aromatic N) is 2. The van der Waals surface area contributed by atoms with E-state index in [1.165, 1.54) is 4.68 Å². The van der Waals surface area contributed by atoms with Crippen molar-refractivity contribution in [2.24, 2.45) is 0 Å². The number of benzene rings is 3. The lowest BCUT2D eigenvalue weighted by molar-refractivity contribution is -0.118. The molecule has 32 heavy (non-hydrogen) atoms. The molecule has 1 unspecified atom stereocenters. The third-order valence-electron chi connectivity index (χ3n) is 5.25. The molecule has 0 fully saturated rings. The normalized spacial score (nSPS) is 11.9. The number of fused-ring (bicyclic) bond motifs is 1. The van der Waals surface area contributed by atoms with Gasteiger partial charge in [0.05, 0.1) is 29.5 Å². The summed E-state index contributed by atoms with van der Waals surface area (Å²) >= 11 is 6.28. The minimum Gasteiger partial charge on any atom is -0.497 e. The molecule has 1 amide bonds. The lowest BCUT2D eigenvalue weighted by Crippen LogP contribution is -2.33. The fourth-order valence-electron chi connectivity index (χ4n) is 3.54. The van der Waals surface area contributed by atoms with Gasteiger partial charge in [0.15, 0.2) is 11.8 Å². The number of amides is 1. The van der Waals surface area contributed by atoms with Crippen molar-refractivity contribution < 1.29 is 14.3 Å². The second-order valence-corrected chi connectivity index (χ2v) is 8.03. The smallest absolute Gasteiger partial charge is 0.257 e. The summed E-state index contributed by atoms with van der Waals surface area (Å²) in [7, 11) is 1.55. The van der Waals surface area contributed by atoms with E-state index in [2.05, 4.69) is 10.4 Å². The van der Waals surface area contributed by atoms with Gasteiger partial charge < -0.3 is 10.1 Å². The van der Waals surface area contributed by atoms with E-state index >= 15 is 0 Å². The van der Waals surface area contributed by atoms with E-state index in [4.69, 9.17) is 16.3 Å². The minimum atomic E-state index is -1.22. The number of aromatic nitrogens is 2. The molecule has 0 aliphatic rings. The summed E-state index contributed by atoms with van der Waals surface area (Å²) in [6.07, 6.45) is 1.65. The van der Waals surface area contributed by atoms with Crippen LogP contribution in [-0.4, -0.2) is 28.6 Å². The third-order valence-corrected chi connectivity index (χ3v) is 5.58. The van der Waals surface area contributed by atoms with Crippen LogP contribution in [0.3, 0.4) is 0 Å². The molecule has 0 radical (unpaired) electrons. The Bertz CT molecular complexity index is 1310. The molecular formula is C25H22ClN3O3. The second-order valence-electron chi connectivity index (χ2n) is 7.62. The first kappa shape index (κ1) is 21.6. The van der Waals surface area contributed by atoms with E-state index in [0.717, 1.165) is 16.5 Å². The first-order chi connectivity index (χ1) is 15.4. The summed E-state index contributed by atoms with van der Waals surface area (Å²) in [5, 5.41) is 8.44. The molecule has 1 N–H and O–H groups in total.